The first-order valence-electron chi connectivity index (χ1n) is 12.2. The Kier molecular flexibility index (Phi) is 7.01. The highest BCUT2D eigenvalue weighted by Gasteiger charge is 2.79. The van der Waals surface area contributed by atoms with Gasteiger partial charge in [-0.15, -0.1) is 6.58 Å². The van der Waals surface area contributed by atoms with Gasteiger partial charge in [-0.3, -0.25) is 14.4 Å². The number of likely N-dealkylation sites (tertiary alicyclic amines) is 1. The number of hydrogen-bond acceptors (Lipinski definition) is 6. The molecule has 0 aliphatic carbocycles. The number of aliphatic hydroxyl groups is 1. The highest BCUT2D eigenvalue weighted by Crippen LogP contribution is 2.64. The Bertz CT molecular complexity index is 1020. The first-order chi connectivity index (χ1) is 16.7. The molecular weight excluding hydrogens is 472 g/mol. The van der Waals surface area contributed by atoms with E-state index in [1.807, 2.05) is 6.92 Å². The Labute approximate surface area is 210 Å². The molecule has 3 saturated heterocycles. The van der Waals surface area contributed by atoms with E-state index in [0.29, 0.717) is 30.0 Å². The van der Waals surface area contributed by atoms with Crippen molar-refractivity contribution in [3.05, 3.63) is 41.9 Å². The van der Waals surface area contributed by atoms with Gasteiger partial charge in [-0.05, 0) is 57.4 Å². The number of rotatable bonds is 9. The molecule has 4 rings (SSSR count). The van der Waals surface area contributed by atoms with E-state index in [0.717, 1.165) is 0 Å². The molecular formula is C26H33ClN2O6. The second-order valence-corrected chi connectivity index (χ2v) is 10.0. The zero-order valence-electron chi connectivity index (χ0n) is 20.4. The summed E-state index contributed by atoms with van der Waals surface area (Å²) in [6, 6.07) is 5.20. The zero-order valence-corrected chi connectivity index (χ0v) is 21.2. The number of amides is 2. The average molecular weight is 505 g/mol. The molecule has 1 N–H and O–H groups in total. The van der Waals surface area contributed by atoms with Gasteiger partial charge in [-0.1, -0.05) is 24.6 Å². The fourth-order valence-corrected chi connectivity index (χ4v) is 6.43. The molecule has 3 heterocycles. The number of benzene rings is 1. The number of aliphatic hydroxyl groups excluding tert-OH is 1. The Morgan fingerprint density at radius 2 is 2.03 bits per heavy atom. The van der Waals surface area contributed by atoms with Crippen LogP contribution in [-0.2, 0) is 23.9 Å². The fourth-order valence-electron chi connectivity index (χ4n) is 6.31. The molecule has 2 unspecified atom stereocenters. The van der Waals surface area contributed by atoms with Crippen LogP contribution in [0, 0.1) is 11.8 Å². The molecule has 6 atom stereocenters. The van der Waals surface area contributed by atoms with Gasteiger partial charge in [0.15, 0.2) is 0 Å². The minimum Gasteiger partial charge on any atom is -0.466 e. The van der Waals surface area contributed by atoms with Crippen LogP contribution in [0.2, 0.25) is 5.02 Å². The van der Waals surface area contributed by atoms with Crippen LogP contribution >= 0.6 is 11.6 Å². The van der Waals surface area contributed by atoms with Crippen molar-refractivity contribution in [1.29, 1.82) is 0 Å². The van der Waals surface area contributed by atoms with Crippen molar-refractivity contribution < 1.29 is 29.0 Å². The zero-order chi connectivity index (χ0) is 25.5. The second kappa shape index (κ2) is 9.56. The molecule has 1 spiro atoms. The van der Waals surface area contributed by atoms with Gasteiger partial charge >= 0.3 is 5.97 Å². The van der Waals surface area contributed by atoms with E-state index < -0.39 is 41.1 Å². The molecule has 3 aliphatic heterocycles. The largest absolute Gasteiger partial charge is 0.466 e. The third-order valence-electron chi connectivity index (χ3n) is 7.85. The number of ether oxygens (including phenoxy) is 2. The third-order valence-corrected chi connectivity index (χ3v) is 8.10. The summed E-state index contributed by atoms with van der Waals surface area (Å²) in [5, 5.41) is 10.5. The van der Waals surface area contributed by atoms with Crippen LogP contribution in [0.5, 0.6) is 0 Å². The van der Waals surface area contributed by atoms with Gasteiger partial charge in [0.2, 0.25) is 5.91 Å². The van der Waals surface area contributed by atoms with E-state index in [2.05, 4.69) is 6.58 Å². The van der Waals surface area contributed by atoms with Gasteiger partial charge in [-0.25, -0.2) is 0 Å². The van der Waals surface area contributed by atoms with Crippen LogP contribution in [-0.4, -0.2) is 70.8 Å². The molecule has 3 aliphatic rings. The molecule has 1 aromatic carbocycles. The molecule has 0 radical (unpaired) electrons. The third kappa shape index (κ3) is 3.77. The quantitative estimate of drug-likeness (QED) is 0.410. The monoisotopic (exact) mass is 504 g/mol. The number of esters is 1. The van der Waals surface area contributed by atoms with E-state index >= 15 is 0 Å². The maximum absolute atomic E-state index is 14.3. The van der Waals surface area contributed by atoms with Gasteiger partial charge in [0.25, 0.3) is 5.91 Å². The van der Waals surface area contributed by atoms with Gasteiger partial charge in [0.1, 0.15) is 17.6 Å². The predicted molar refractivity (Wildman–Crippen MR) is 131 cm³/mol. The maximum Gasteiger partial charge on any atom is 0.312 e. The van der Waals surface area contributed by atoms with Crippen LogP contribution in [0.25, 0.3) is 0 Å². The van der Waals surface area contributed by atoms with Gasteiger partial charge in [0, 0.05) is 17.3 Å². The Balaban J connectivity index is 1.84. The summed E-state index contributed by atoms with van der Waals surface area (Å²) < 4.78 is 12.1. The summed E-state index contributed by atoms with van der Waals surface area (Å²) in [6.45, 7) is 9.20. The highest BCUT2D eigenvalue weighted by atomic mass is 35.5. The summed E-state index contributed by atoms with van der Waals surface area (Å²) in [5.74, 6) is -2.83. The van der Waals surface area contributed by atoms with Crippen LogP contribution in [0.3, 0.4) is 0 Å². The molecule has 2 bridgehead atoms. The lowest BCUT2D eigenvalue weighted by Gasteiger charge is -2.38. The first-order valence-corrected chi connectivity index (χ1v) is 12.6. The summed E-state index contributed by atoms with van der Waals surface area (Å²) in [6.07, 6.45) is 3.14. The van der Waals surface area contributed by atoms with Crippen molar-refractivity contribution in [2.75, 3.05) is 24.7 Å². The fraction of sp³-hybridized carbons (Fsp3) is 0.577. The van der Waals surface area contributed by atoms with E-state index in [4.69, 9.17) is 21.1 Å². The van der Waals surface area contributed by atoms with Gasteiger partial charge in [-0.2, -0.15) is 0 Å². The number of halogens is 1. The summed E-state index contributed by atoms with van der Waals surface area (Å²) in [5.41, 5.74) is -1.44. The Morgan fingerprint density at radius 3 is 2.60 bits per heavy atom. The molecule has 2 amide bonds. The molecule has 8 nitrogen and oxygen atoms in total. The number of hydrogen-bond donors (Lipinski definition) is 1. The minimum absolute atomic E-state index is 0.186. The number of nitrogens with zero attached hydrogens (tertiary/aromatic N) is 2. The smallest absolute Gasteiger partial charge is 0.312 e. The second-order valence-electron chi connectivity index (χ2n) is 9.58. The molecule has 190 valence electrons. The molecule has 35 heavy (non-hydrogen) atoms. The lowest BCUT2D eigenvalue weighted by molar-refractivity contribution is -0.161. The number of fused-ring (bicyclic) bond motifs is 1. The van der Waals surface area contributed by atoms with Gasteiger partial charge in [0.05, 0.1) is 30.8 Å². The summed E-state index contributed by atoms with van der Waals surface area (Å²) in [7, 11) is 0. The molecule has 0 aromatic heterocycles. The minimum atomic E-state index is -1.18. The van der Waals surface area contributed by atoms with Crippen LogP contribution in [0.15, 0.2) is 36.9 Å². The number of anilines is 1. The SMILES string of the molecule is C=CCN(C(=O)C1N([C@H](C)CO)C(=O)[C@@H]2[C@@H](C(=O)OCC)[C@@]3(CC)CCC12O3)c1ccc(Cl)cc1. The normalized spacial score (nSPS) is 31.9. The molecule has 3 fully saturated rings. The van der Waals surface area contributed by atoms with E-state index in [1.165, 1.54) is 4.90 Å². The maximum atomic E-state index is 14.3. The van der Waals surface area contributed by atoms with Crippen molar-refractivity contribution >= 4 is 35.1 Å². The highest BCUT2D eigenvalue weighted by molar-refractivity contribution is 6.30. The van der Waals surface area contributed by atoms with Crippen molar-refractivity contribution in [1.82, 2.24) is 4.90 Å². The number of carbonyl (C=O) groups is 3. The molecule has 9 heteroatoms. The van der Waals surface area contributed by atoms with E-state index in [-0.39, 0.29) is 31.6 Å². The first kappa shape index (κ1) is 25.7. The average Bonchev–Trinajstić information content (AvgIpc) is 3.46. The summed E-state index contributed by atoms with van der Waals surface area (Å²) >= 11 is 6.06. The Morgan fingerprint density at radius 1 is 1.34 bits per heavy atom. The van der Waals surface area contributed by atoms with Crippen LogP contribution in [0.4, 0.5) is 5.69 Å². The van der Waals surface area contributed by atoms with Crippen LogP contribution < -0.4 is 4.90 Å². The lowest BCUT2D eigenvalue weighted by atomic mass is 9.65. The van der Waals surface area contributed by atoms with Crippen molar-refractivity contribution in [3.8, 4) is 0 Å². The van der Waals surface area contributed by atoms with Crippen molar-refractivity contribution in [2.45, 2.75) is 63.3 Å². The van der Waals surface area contributed by atoms with Crippen molar-refractivity contribution in [3.63, 3.8) is 0 Å². The molecule has 1 aromatic rings. The summed E-state index contributed by atoms with van der Waals surface area (Å²) in [4.78, 5) is 44.4. The standard InChI is InChI=1S/C26H33ClN2O6/c1-5-14-28(18-10-8-17(27)9-11-18)23(32)21-26-13-12-25(6-2,35-26)20(24(33)34-7-3)19(26)22(31)29(21)16(4)15-30/h5,8-11,16,19-21,30H,1,6-7,12-15H2,2-4H3/t16-,19+,20+,21?,25-,26?/m1/s1. The number of carbonyl (C=O) groups excluding carboxylic acids is 3. The van der Waals surface area contributed by atoms with Crippen LogP contribution in [0.1, 0.15) is 40.0 Å². The molecule has 0 saturated carbocycles. The Hall–Kier alpha value is -2.42. The van der Waals surface area contributed by atoms with E-state index in [9.17, 15) is 19.5 Å². The predicted octanol–water partition coefficient (Wildman–Crippen LogP) is 2.96. The van der Waals surface area contributed by atoms with E-state index in [1.54, 1.807) is 49.1 Å². The lowest BCUT2D eigenvalue weighted by Crippen LogP contribution is -2.58. The topological polar surface area (TPSA) is 96.4 Å². The van der Waals surface area contributed by atoms with Gasteiger partial charge < -0.3 is 24.4 Å². The van der Waals surface area contributed by atoms with Crippen molar-refractivity contribution in [2.24, 2.45) is 11.8 Å².